The number of methoxy groups -OCH3 is 2. The molecular weight excluding hydrogens is 584 g/mol. The van der Waals surface area contributed by atoms with Gasteiger partial charge in [-0.15, -0.1) is 0 Å². The molecule has 262 valence electrons. The molecule has 1 saturated heterocycles. The summed E-state index contributed by atoms with van der Waals surface area (Å²) in [5.74, 6) is -1.67. The second kappa shape index (κ2) is 13.1. The summed E-state index contributed by atoms with van der Waals surface area (Å²) in [6.07, 6.45) is -5.10. The van der Waals surface area contributed by atoms with Crippen LogP contribution in [0.1, 0.15) is 79.6 Å². The van der Waals surface area contributed by atoms with Crippen LogP contribution in [-0.2, 0) is 18.9 Å². The molecule has 7 unspecified atom stereocenters. The van der Waals surface area contributed by atoms with Gasteiger partial charge in [0, 0.05) is 32.5 Å². The Balaban J connectivity index is 1.36. The summed E-state index contributed by atoms with van der Waals surface area (Å²) in [5, 5.41) is 80.5. The molecule has 0 amide bonds. The van der Waals surface area contributed by atoms with E-state index in [9.17, 15) is 35.7 Å². The van der Waals surface area contributed by atoms with Crippen molar-refractivity contribution in [2.24, 2.45) is 46.3 Å². The number of rotatable bonds is 9. The van der Waals surface area contributed by atoms with Gasteiger partial charge in [-0.2, -0.15) is 0 Å². The highest BCUT2D eigenvalue weighted by Crippen LogP contribution is 2.70. The Morgan fingerprint density at radius 3 is 2.11 bits per heavy atom. The highest BCUT2D eigenvalue weighted by molar-refractivity contribution is 5.22. The van der Waals surface area contributed by atoms with Crippen molar-refractivity contribution >= 4 is 0 Å². The van der Waals surface area contributed by atoms with Crippen molar-refractivity contribution < 1.29 is 54.7 Å². The van der Waals surface area contributed by atoms with Gasteiger partial charge in [0.05, 0.1) is 48.8 Å². The first-order valence-corrected chi connectivity index (χ1v) is 17.2. The molecule has 0 aromatic rings. The monoisotopic (exact) mass is 644 g/mol. The van der Waals surface area contributed by atoms with Crippen molar-refractivity contribution in [3.05, 3.63) is 0 Å². The van der Waals surface area contributed by atoms with Crippen LogP contribution in [0.4, 0.5) is 0 Å². The first-order valence-electron chi connectivity index (χ1n) is 17.2. The molecule has 5 aliphatic rings. The molecule has 1 heterocycles. The Bertz CT molecular complexity index is 1010. The number of hydrogen-bond acceptors (Lipinski definition) is 11. The fraction of sp³-hybridized carbons (Fsp3) is 1.00. The number of hydrogen-bond donors (Lipinski definition) is 7. The third-order valence-electron chi connectivity index (χ3n) is 13.5. The maximum atomic E-state index is 12.7. The fourth-order valence-electron chi connectivity index (χ4n) is 11.2. The minimum Gasteiger partial charge on any atom is -0.393 e. The third-order valence-corrected chi connectivity index (χ3v) is 13.5. The van der Waals surface area contributed by atoms with Gasteiger partial charge in [0.15, 0.2) is 6.29 Å². The Morgan fingerprint density at radius 2 is 1.49 bits per heavy atom. The molecule has 0 bridgehead atoms. The predicted octanol–water partition coefficient (Wildman–Crippen LogP) is 1.21. The minimum absolute atomic E-state index is 0.0140. The lowest BCUT2D eigenvalue weighted by Gasteiger charge is -2.66. The van der Waals surface area contributed by atoms with Gasteiger partial charge in [-0.25, -0.2) is 0 Å². The van der Waals surface area contributed by atoms with Gasteiger partial charge in [-0.3, -0.25) is 0 Å². The van der Waals surface area contributed by atoms with Crippen LogP contribution >= 0.6 is 0 Å². The predicted molar refractivity (Wildman–Crippen MR) is 164 cm³/mol. The Kier molecular flexibility index (Phi) is 10.5. The maximum absolute atomic E-state index is 12.7. The van der Waals surface area contributed by atoms with Gasteiger partial charge in [0.1, 0.15) is 18.3 Å². The molecule has 0 spiro atoms. The number of aliphatic hydroxyl groups is 7. The van der Waals surface area contributed by atoms with Crippen LogP contribution in [0.2, 0.25) is 0 Å². The van der Waals surface area contributed by atoms with Gasteiger partial charge < -0.3 is 54.7 Å². The van der Waals surface area contributed by atoms with Crippen LogP contribution in [0.15, 0.2) is 0 Å². The topological polar surface area (TPSA) is 179 Å². The molecule has 5 rings (SSSR count). The van der Waals surface area contributed by atoms with E-state index in [1.165, 1.54) is 14.2 Å². The van der Waals surface area contributed by atoms with E-state index in [2.05, 4.69) is 13.8 Å². The fourth-order valence-corrected chi connectivity index (χ4v) is 11.2. The zero-order valence-electron chi connectivity index (χ0n) is 28.2. The number of fused-ring (bicyclic) bond motifs is 5. The molecule has 4 saturated carbocycles. The van der Waals surface area contributed by atoms with E-state index in [-0.39, 0.29) is 36.7 Å². The summed E-state index contributed by atoms with van der Waals surface area (Å²) >= 11 is 0. The third kappa shape index (κ3) is 5.73. The Hall–Kier alpha value is -0.440. The molecule has 18 atom stereocenters. The molecule has 1 aliphatic heterocycles. The quantitative estimate of drug-likeness (QED) is 0.180. The van der Waals surface area contributed by atoms with Crippen LogP contribution in [0.5, 0.6) is 0 Å². The normalized spacial score (nSPS) is 53.0. The molecule has 0 aromatic heterocycles. The lowest BCUT2D eigenvalue weighted by Crippen LogP contribution is -2.71. The van der Waals surface area contributed by atoms with Crippen molar-refractivity contribution in [2.75, 3.05) is 20.8 Å². The van der Waals surface area contributed by atoms with Crippen LogP contribution < -0.4 is 0 Å². The minimum atomic E-state index is -1.44. The summed E-state index contributed by atoms with van der Waals surface area (Å²) in [5.41, 5.74) is -2.66. The molecule has 11 nitrogen and oxygen atoms in total. The number of aliphatic hydroxyl groups excluding tert-OH is 6. The summed E-state index contributed by atoms with van der Waals surface area (Å²) in [6.45, 7) is 10.3. The van der Waals surface area contributed by atoms with Crippen LogP contribution in [0, 0.1) is 46.3 Å². The molecule has 45 heavy (non-hydrogen) atoms. The van der Waals surface area contributed by atoms with E-state index in [0.29, 0.717) is 38.5 Å². The highest BCUT2D eigenvalue weighted by Gasteiger charge is 2.73. The average Bonchev–Trinajstić information content (AvgIpc) is 3.18. The van der Waals surface area contributed by atoms with Crippen molar-refractivity contribution in [1.82, 2.24) is 0 Å². The molecular formula is C34H60O11. The molecule has 0 aromatic carbocycles. The molecule has 0 radical (unpaired) electrons. The summed E-state index contributed by atoms with van der Waals surface area (Å²) in [7, 11) is 2.94. The summed E-state index contributed by atoms with van der Waals surface area (Å²) in [6, 6.07) is 0. The first kappa shape index (κ1) is 35.9. The second-order valence-electron chi connectivity index (χ2n) is 16.1. The summed E-state index contributed by atoms with van der Waals surface area (Å²) < 4.78 is 22.9. The van der Waals surface area contributed by atoms with Crippen LogP contribution in [0.25, 0.3) is 0 Å². The standard InChI is InChI=1S/C34H60O11/c1-16(2)18(35)9-8-17(3)23-27(39)28(40)30-33(23,5)13-11-22-32(4)12-10-20(25(37)24(32)19(36)14-34(22,30)41)45-31-29(43-7)26(38)21(42-6)15-44-31/h16-31,35-41H,8-15H2,1-7H3/t17-,18+,19-,20+,21?,22?,23+,24?,25+,26?,27-,28+,29?,30?,31?,32-,33-,34+/m1/s1. The largest absolute Gasteiger partial charge is 0.393 e. The second-order valence-corrected chi connectivity index (χ2v) is 16.1. The van der Waals surface area contributed by atoms with Crippen molar-refractivity contribution in [3.63, 3.8) is 0 Å². The number of ether oxygens (including phenoxy) is 4. The van der Waals surface area contributed by atoms with Crippen molar-refractivity contribution in [3.8, 4) is 0 Å². The zero-order chi connectivity index (χ0) is 33.2. The van der Waals surface area contributed by atoms with E-state index in [4.69, 9.17) is 18.9 Å². The van der Waals surface area contributed by atoms with E-state index >= 15 is 0 Å². The summed E-state index contributed by atoms with van der Waals surface area (Å²) in [4.78, 5) is 0. The smallest absolute Gasteiger partial charge is 0.186 e. The SMILES string of the molecule is COC1COC(O[C@H]2CC[C@@]3(C)C([C@H](O)C[C@]4(O)C3CC[C@@]3(C)C4[C@@H](O)[C@H](O)[C@@H]3[C@H](C)CC[C@H](O)C(C)C)[C@H]2O)C(OC)C1O. The van der Waals surface area contributed by atoms with E-state index in [1.807, 2.05) is 20.8 Å². The first-order chi connectivity index (χ1) is 21.1. The molecule has 5 fully saturated rings. The van der Waals surface area contributed by atoms with Gasteiger partial charge in [-0.05, 0) is 73.0 Å². The van der Waals surface area contributed by atoms with Crippen molar-refractivity contribution in [2.45, 2.75) is 146 Å². The van der Waals surface area contributed by atoms with Crippen LogP contribution in [-0.4, -0.2) is 123 Å². The molecule has 4 aliphatic carbocycles. The van der Waals surface area contributed by atoms with Gasteiger partial charge in [0.2, 0.25) is 0 Å². The molecule has 11 heteroatoms. The Labute approximate surface area is 268 Å². The van der Waals surface area contributed by atoms with Crippen LogP contribution in [0.3, 0.4) is 0 Å². The molecule has 7 N–H and O–H groups in total. The zero-order valence-corrected chi connectivity index (χ0v) is 28.2. The Morgan fingerprint density at radius 1 is 0.822 bits per heavy atom. The van der Waals surface area contributed by atoms with Gasteiger partial charge in [-0.1, -0.05) is 34.6 Å². The van der Waals surface area contributed by atoms with Gasteiger partial charge in [0.25, 0.3) is 0 Å². The van der Waals surface area contributed by atoms with E-state index in [1.54, 1.807) is 0 Å². The van der Waals surface area contributed by atoms with E-state index in [0.717, 1.165) is 0 Å². The average molecular weight is 645 g/mol. The van der Waals surface area contributed by atoms with E-state index < -0.39 is 89.5 Å². The highest BCUT2D eigenvalue weighted by atomic mass is 16.7. The lowest BCUT2D eigenvalue weighted by atomic mass is 9.41. The van der Waals surface area contributed by atoms with Crippen molar-refractivity contribution in [1.29, 1.82) is 0 Å². The van der Waals surface area contributed by atoms with Gasteiger partial charge >= 0.3 is 0 Å². The maximum Gasteiger partial charge on any atom is 0.186 e. The lowest BCUT2D eigenvalue weighted by molar-refractivity contribution is -0.321.